The number of rotatable bonds is 0. The minimum Gasteiger partial charge on any atom is -0.394 e. The molecule has 0 saturated heterocycles. The third-order valence-corrected chi connectivity index (χ3v) is 0. The Morgan fingerprint density at radius 2 is 0.538 bits per heavy atom. The number of hydrogen-bond acceptors (Lipinski definition) is 3. The Bertz CT molecular complexity index is 43.4. The van der Waals surface area contributed by atoms with Crippen molar-refractivity contribution in [2.75, 3.05) is 0 Å². The van der Waals surface area contributed by atoms with E-state index in [-0.39, 0.29) is 55.2 Å². The zero-order chi connectivity index (χ0) is 10.7. The van der Waals surface area contributed by atoms with Crippen molar-refractivity contribution in [2.45, 2.75) is 59.9 Å². The molecule has 13 heavy (non-hydrogen) atoms. The molecule has 0 aliphatic rings. The summed E-state index contributed by atoms with van der Waals surface area (Å²) >= 11 is 0. The second-order valence-electron chi connectivity index (χ2n) is 3.28. The topological polar surface area (TPSA) is 60.7 Å². The van der Waals surface area contributed by atoms with Crippen LogP contribution in [0.15, 0.2) is 0 Å². The van der Waals surface area contributed by atoms with Crippen LogP contribution in [0.2, 0.25) is 0 Å². The average molecular weight is 355 g/mol. The van der Waals surface area contributed by atoms with E-state index in [0.717, 1.165) is 0 Å². The van der Waals surface area contributed by atoms with Crippen molar-refractivity contribution in [1.29, 1.82) is 0 Å². The third kappa shape index (κ3) is 1310. The van der Waals surface area contributed by atoms with Crippen LogP contribution in [0.4, 0.5) is 0 Å². The molecule has 0 fully saturated rings. The molecule has 4 heteroatoms. The van der Waals surface area contributed by atoms with Gasteiger partial charge in [0.15, 0.2) is 0 Å². The van der Waals surface area contributed by atoms with E-state index in [1.165, 1.54) is 0 Å². The van der Waals surface area contributed by atoms with E-state index < -0.39 is 0 Å². The van der Waals surface area contributed by atoms with E-state index in [2.05, 4.69) is 0 Å². The molecule has 1 radical (unpaired) electrons. The molecule has 0 aromatic carbocycles. The van der Waals surface area contributed by atoms with Crippen LogP contribution >= 0.6 is 0 Å². The Hall–Kier alpha value is 1.11. The van der Waals surface area contributed by atoms with Gasteiger partial charge in [-0.25, -0.2) is 0 Å². The Morgan fingerprint density at radius 3 is 0.538 bits per heavy atom. The summed E-state index contributed by atoms with van der Waals surface area (Å²) in [5.74, 6) is 0. The van der Waals surface area contributed by atoms with Crippen molar-refractivity contribution in [3.8, 4) is 0 Å². The van der Waals surface area contributed by atoms with E-state index in [1.54, 1.807) is 41.5 Å². The SMILES string of the molecule is CC(C)O.CC(C)O.CC(C)O.[Lu]. The standard InChI is InChI=1S/3C3H8O.Lu/c3*1-3(2)4;/h3*3-4H,1-2H3;. The first kappa shape index (κ1) is 23.7. The predicted octanol–water partition coefficient (Wildman–Crippen LogP) is 1.16. The number of aliphatic hydroxyl groups is 3. The molecular weight excluding hydrogens is 331 g/mol. The molecule has 0 bridgehead atoms. The van der Waals surface area contributed by atoms with Crippen LogP contribution < -0.4 is 0 Å². The Balaban J connectivity index is -0.0000000450. The third-order valence-electron chi connectivity index (χ3n) is 0. The number of hydrogen-bond donors (Lipinski definition) is 3. The summed E-state index contributed by atoms with van der Waals surface area (Å²) in [6, 6.07) is 0. The molecule has 0 aromatic rings. The van der Waals surface area contributed by atoms with Crippen molar-refractivity contribution in [2.24, 2.45) is 0 Å². The van der Waals surface area contributed by atoms with E-state index in [4.69, 9.17) is 15.3 Å². The van der Waals surface area contributed by atoms with Crippen molar-refractivity contribution in [3.05, 3.63) is 0 Å². The fourth-order valence-corrected chi connectivity index (χ4v) is 0. The first-order valence-electron chi connectivity index (χ1n) is 4.24. The molecule has 3 nitrogen and oxygen atoms in total. The van der Waals surface area contributed by atoms with Crippen molar-refractivity contribution in [3.63, 3.8) is 0 Å². The molecule has 0 spiro atoms. The van der Waals surface area contributed by atoms with Crippen LogP contribution in [0.25, 0.3) is 0 Å². The monoisotopic (exact) mass is 355 g/mol. The molecule has 3 N–H and O–H groups in total. The molecular formula is C9H24LuO3. The second kappa shape index (κ2) is 18.8. The molecule has 0 heterocycles. The molecule has 0 aliphatic carbocycles. The van der Waals surface area contributed by atoms with Crippen LogP contribution in [0, 0.1) is 36.9 Å². The van der Waals surface area contributed by atoms with E-state index in [9.17, 15) is 0 Å². The van der Waals surface area contributed by atoms with Gasteiger partial charge in [-0.15, -0.1) is 0 Å². The number of aliphatic hydroxyl groups excluding tert-OH is 3. The van der Waals surface area contributed by atoms with Crippen LogP contribution in [-0.4, -0.2) is 33.6 Å². The normalized spacial score (nSPS) is 8.31. The summed E-state index contributed by atoms with van der Waals surface area (Å²) < 4.78 is 0. The van der Waals surface area contributed by atoms with E-state index in [1.807, 2.05) is 0 Å². The van der Waals surface area contributed by atoms with Crippen LogP contribution in [0.5, 0.6) is 0 Å². The molecule has 0 aliphatic heterocycles. The largest absolute Gasteiger partial charge is 0.394 e. The maximum atomic E-state index is 8.06. The van der Waals surface area contributed by atoms with Gasteiger partial charge in [0.1, 0.15) is 0 Å². The smallest absolute Gasteiger partial charge is 0.0483 e. The van der Waals surface area contributed by atoms with Gasteiger partial charge < -0.3 is 15.3 Å². The molecule has 0 rings (SSSR count). The van der Waals surface area contributed by atoms with Gasteiger partial charge >= 0.3 is 0 Å². The van der Waals surface area contributed by atoms with Crippen LogP contribution in [-0.2, 0) is 0 Å². The van der Waals surface area contributed by atoms with Gasteiger partial charge in [0.2, 0.25) is 0 Å². The van der Waals surface area contributed by atoms with Crippen LogP contribution in [0.3, 0.4) is 0 Å². The van der Waals surface area contributed by atoms with Crippen molar-refractivity contribution in [1.82, 2.24) is 0 Å². The summed E-state index contributed by atoms with van der Waals surface area (Å²) in [6.45, 7) is 10.3. The maximum Gasteiger partial charge on any atom is 0.0483 e. The zero-order valence-corrected chi connectivity index (χ0v) is 11.0. The van der Waals surface area contributed by atoms with E-state index >= 15 is 0 Å². The molecule has 0 atom stereocenters. The molecule has 0 unspecified atom stereocenters. The fourth-order valence-electron chi connectivity index (χ4n) is 0. The average Bonchev–Trinajstić information content (AvgIpc) is 1.54. The molecule has 93 valence electrons. The summed E-state index contributed by atoms with van der Waals surface area (Å²) in [6.07, 6.45) is -0.500. The van der Waals surface area contributed by atoms with Gasteiger partial charge in [0, 0.05) is 55.2 Å². The minimum atomic E-state index is -0.167. The Labute approximate surface area is 111 Å². The molecule has 0 saturated carbocycles. The quantitative estimate of drug-likeness (QED) is 0.611. The van der Waals surface area contributed by atoms with Gasteiger partial charge in [0.05, 0.1) is 0 Å². The van der Waals surface area contributed by atoms with Gasteiger partial charge in [-0.1, -0.05) is 0 Å². The molecule has 0 amide bonds. The van der Waals surface area contributed by atoms with Gasteiger partial charge in [-0.2, -0.15) is 0 Å². The molecule has 0 aromatic heterocycles. The summed E-state index contributed by atoms with van der Waals surface area (Å²) in [4.78, 5) is 0. The van der Waals surface area contributed by atoms with Gasteiger partial charge in [-0.3, -0.25) is 0 Å². The van der Waals surface area contributed by atoms with E-state index in [0.29, 0.717) is 0 Å². The van der Waals surface area contributed by atoms with Gasteiger partial charge in [0.25, 0.3) is 0 Å². The van der Waals surface area contributed by atoms with Crippen LogP contribution in [0.1, 0.15) is 41.5 Å². The van der Waals surface area contributed by atoms with Crippen molar-refractivity contribution < 1.29 is 52.2 Å². The first-order valence-corrected chi connectivity index (χ1v) is 4.24. The Morgan fingerprint density at radius 1 is 0.538 bits per heavy atom. The first-order chi connectivity index (χ1) is 5.20. The summed E-state index contributed by atoms with van der Waals surface area (Å²) in [5.41, 5.74) is 0. The Kier molecular flexibility index (Phi) is 34.3. The summed E-state index contributed by atoms with van der Waals surface area (Å²) in [5, 5.41) is 24.2. The second-order valence-corrected chi connectivity index (χ2v) is 3.28. The summed E-state index contributed by atoms with van der Waals surface area (Å²) in [7, 11) is 0. The van der Waals surface area contributed by atoms with Gasteiger partial charge in [-0.05, 0) is 41.5 Å². The fraction of sp³-hybridized carbons (Fsp3) is 1.00. The maximum absolute atomic E-state index is 8.06. The zero-order valence-electron chi connectivity index (χ0n) is 9.33. The predicted molar refractivity (Wildman–Crippen MR) is 52.1 cm³/mol. The minimum absolute atomic E-state index is 0. The van der Waals surface area contributed by atoms with Crippen molar-refractivity contribution >= 4 is 0 Å².